The minimum atomic E-state index is -0.604. The van der Waals surface area contributed by atoms with Crippen LogP contribution in [0.3, 0.4) is 0 Å². The van der Waals surface area contributed by atoms with Crippen molar-refractivity contribution in [2.24, 2.45) is 0 Å². The summed E-state index contributed by atoms with van der Waals surface area (Å²) < 4.78 is 10.8. The average molecular weight is 391 g/mol. The van der Waals surface area contributed by atoms with Crippen molar-refractivity contribution in [1.29, 1.82) is 0 Å². The van der Waals surface area contributed by atoms with Gasteiger partial charge in [-0.15, -0.1) is 0 Å². The highest BCUT2D eigenvalue weighted by Gasteiger charge is 2.34. The van der Waals surface area contributed by atoms with E-state index in [2.05, 4.69) is 10.3 Å². The molecule has 0 saturated heterocycles. The molecule has 0 unspecified atom stereocenters. The van der Waals surface area contributed by atoms with Gasteiger partial charge in [0.2, 0.25) is 11.8 Å². The molecule has 1 aromatic carbocycles. The Hall–Kier alpha value is -3.61. The summed E-state index contributed by atoms with van der Waals surface area (Å²) in [6.07, 6.45) is 3.35. The maximum absolute atomic E-state index is 13.6. The van der Waals surface area contributed by atoms with Crippen molar-refractivity contribution < 1.29 is 18.7 Å². The van der Waals surface area contributed by atoms with Crippen LogP contribution >= 0.6 is 0 Å². The molecule has 1 aliphatic heterocycles. The van der Waals surface area contributed by atoms with E-state index < -0.39 is 5.92 Å². The average Bonchev–Trinajstić information content (AvgIpc) is 3.26. The van der Waals surface area contributed by atoms with Gasteiger partial charge in [-0.05, 0) is 48.0 Å². The van der Waals surface area contributed by atoms with Gasteiger partial charge >= 0.3 is 0 Å². The third-order valence-corrected chi connectivity index (χ3v) is 4.91. The number of carbonyl (C=O) groups is 2. The fourth-order valence-corrected chi connectivity index (χ4v) is 3.50. The van der Waals surface area contributed by atoms with Gasteiger partial charge in [0.1, 0.15) is 11.5 Å². The second kappa shape index (κ2) is 8.18. The predicted molar refractivity (Wildman–Crippen MR) is 106 cm³/mol. The Balaban J connectivity index is 1.67. The van der Waals surface area contributed by atoms with E-state index in [1.54, 1.807) is 42.7 Å². The van der Waals surface area contributed by atoms with Gasteiger partial charge in [0.15, 0.2) is 0 Å². The lowest BCUT2D eigenvalue weighted by Gasteiger charge is -2.30. The maximum atomic E-state index is 13.6. The Kier molecular flexibility index (Phi) is 5.29. The molecular weight excluding hydrogens is 370 g/mol. The second-order valence-electron chi connectivity index (χ2n) is 6.85. The highest BCUT2D eigenvalue weighted by Crippen LogP contribution is 2.36. The lowest BCUT2D eigenvalue weighted by atomic mass is 9.89. The largest absolute Gasteiger partial charge is 0.497 e. The number of carbonyl (C=O) groups excluding carboxylic acids is 2. The van der Waals surface area contributed by atoms with Crippen LogP contribution in [0.15, 0.2) is 65.4 Å². The van der Waals surface area contributed by atoms with Crippen molar-refractivity contribution in [2.75, 3.05) is 12.4 Å². The molecule has 3 aromatic rings. The molecule has 0 fully saturated rings. The predicted octanol–water partition coefficient (Wildman–Crippen LogP) is 3.34. The Labute approximate surface area is 168 Å². The van der Waals surface area contributed by atoms with E-state index in [0.717, 1.165) is 11.3 Å². The summed E-state index contributed by atoms with van der Waals surface area (Å²) in [6.45, 7) is 0.609. The fourth-order valence-electron chi connectivity index (χ4n) is 3.50. The normalized spacial score (nSPS) is 15.3. The molecule has 148 valence electrons. The molecule has 3 heterocycles. The topological polar surface area (TPSA) is 84.7 Å². The van der Waals surface area contributed by atoms with Crippen LogP contribution in [-0.4, -0.2) is 28.8 Å². The zero-order chi connectivity index (χ0) is 20.2. The van der Waals surface area contributed by atoms with Crippen molar-refractivity contribution in [3.8, 4) is 5.75 Å². The van der Waals surface area contributed by atoms with Gasteiger partial charge in [-0.25, -0.2) is 0 Å². The van der Waals surface area contributed by atoms with E-state index in [1.807, 2.05) is 30.3 Å². The standard InChI is InChI=1S/C22H21N3O4/c1-28-16-7-8-20-18(11-16)19(12-21(26)24-20)22(27)25(14-17-6-4-10-29-17)13-15-5-2-3-9-23-15/h2-11,19H,12-14H2,1H3,(H,24,26)/t19-/m1/s1. The van der Waals surface area contributed by atoms with Gasteiger partial charge in [-0.3, -0.25) is 14.6 Å². The molecule has 1 aliphatic rings. The monoisotopic (exact) mass is 391 g/mol. The number of nitrogens with one attached hydrogen (secondary N) is 1. The van der Waals surface area contributed by atoms with Gasteiger partial charge in [-0.1, -0.05) is 6.07 Å². The molecule has 4 rings (SSSR count). The number of hydrogen-bond donors (Lipinski definition) is 1. The van der Waals surface area contributed by atoms with Crippen molar-refractivity contribution >= 4 is 17.5 Å². The number of nitrogens with zero attached hydrogens (tertiary/aromatic N) is 2. The summed E-state index contributed by atoms with van der Waals surface area (Å²) in [6, 6.07) is 14.5. The molecule has 0 aliphatic carbocycles. The van der Waals surface area contributed by atoms with Gasteiger partial charge < -0.3 is 19.4 Å². The Bertz CT molecular complexity index is 1000. The number of rotatable bonds is 6. The van der Waals surface area contributed by atoms with E-state index in [9.17, 15) is 9.59 Å². The third-order valence-electron chi connectivity index (χ3n) is 4.91. The Morgan fingerprint density at radius 1 is 1.24 bits per heavy atom. The number of benzene rings is 1. The zero-order valence-electron chi connectivity index (χ0n) is 16.0. The number of anilines is 1. The zero-order valence-corrected chi connectivity index (χ0v) is 16.0. The first-order valence-corrected chi connectivity index (χ1v) is 9.33. The second-order valence-corrected chi connectivity index (χ2v) is 6.85. The number of fused-ring (bicyclic) bond motifs is 1. The van der Waals surface area contributed by atoms with E-state index in [4.69, 9.17) is 9.15 Å². The molecule has 1 atom stereocenters. The molecule has 0 bridgehead atoms. The van der Waals surface area contributed by atoms with Gasteiger partial charge in [0.05, 0.1) is 38.1 Å². The van der Waals surface area contributed by atoms with Gasteiger partial charge in [0.25, 0.3) is 0 Å². The molecule has 2 amide bonds. The number of pyridine rings is 1. The molecule has 2 aromatic heterocycles. The van der Waals surface area contributed by atoms with Crippen molar-refractivity contribution in [2.45, 2.75) is 25.4 Å². The molecule has 29 heavy (non-hydrogen) atoms. The number of furan rings is 1. The van der Waals surface area contributed by atoms with Gasteiger partial charge in [-0.2, -0.15) is 0 Å². The lowest BCUT2D eigenvalue weighted by molar-refractivity contribution is -0.136. The summed E-state index contributed by atoms with van der Waals surface area (Å²) in [7, 11) is 1.57. The van der Waals surface area contributed by atoms with Crippen molar-refractivity contribution in [3.05, 3.63) is 78.0 Å². The Morgan fingerprint density at radius 2 is 2.14 bits per heavy atom. The minimum absolute atomic E-state index is 0.0792. The summed E-state index contributed by atoms with van der Waals surface area (Å²) in [5, 5.41) is 2.83. The smallest absolute Gasteiger partial charge is 0.231 e. The number of ether oxygens (including phenoxy) is 1. The summed E-state index contributed by atoms with van der Waals surface area (Å²) >= 11 is 0. The summed E-state index contributed by atoms with van der Waals surface area (Å²) in [5.74, 6) is 0.362. The molecule has 7 heteroatoms. The summed E-state index contributed by atoms with van der Waals surface area (Å²) in [5.41, 5.74) is 2.15. The fraction of sp³-hybridized carbons (Fsp3) is 0.227. The number of aromatic nitrogens is 1. The highest BCUT2D eigenvalue weighted by molar-refractivity contribution is 6.01. The minimum Gasteiger partial charge on any atom is -0.497 e. The maximum Gasteiger partial charge on any atom is 0.231 e. The van der Waals surface area contributed by atoms with Crippen molar-refractivity contribution in [1.82, 2.24) is 9.88 Å². The van der Waals surface area contributed by atoms with Crippen LogP contribution in [0.5, 0.6) is 5.75 Å². The van der Waals surface area contributed by atoms with Crippen LogP contribution in [-0.2, 0) is 22.7 Å². The van der Waals surface area contributed by atoms with Gasteiger partial charge in [0, 0.05) is 18.3 Å². The first kappa shape index (κ1) is 18.7. The first-order chi connectivity index (χ1) is 14.1. The summed E-state index contributed by atoms with van der Waals surface area (Å²) in [4.78, 5) is 31.8. The third kappa shape index (κ3) is 4.13. The van der Waals surface area contributed by atoms with Crippen LogP contribution in [0.2, 0.25) is 0 Å². The quantitative estimate of drug-likeness (QED) is 0.697. The molecule has 1 N–H and O–H groups in total. The first-order valence-electron chi connectivity index (χ1n) is 9.33. The van der Waals surface area contributed by atoms with Crippen LogP contribution in [0.1, 0.15) is 29.4 Å². The Morgan fingerprint density at radius 3 is 2.86 bits per heavy atom. The van der Waals surface area contributed by atoms with E-state index >= 15 is 0 Å². The van der Waals surface area contributed by atoms with Crippen molar-refractivity contribution in [3.63, 3.8) is 0 Å². The van der Waals surface area contributed by atoms with Crippen LogP contribution in [0.4, 0.5) is 5.69 Å². The lowest BCUT2D eigenvalue weighted by Crippen LogP contribution is -2.38. The SMILES string of the molecule is COc1ccc2c(c1)[C@H](C(=O)N(Cc1ccccn1)Cc1ccco1)CC(=O)N2. The molecule has 7 nitrogen and oxygen atoms in total. The van der Waals surface area contributed by atoms with E-state index in [0.29, 0.717) is 30.3 Å². The molecule has 0 saturated carbocycles. The van der Waals surface area contributed by atoms with E-state index in [-0.39, 0.29) is 18.2 Å². The number of amides is 2. The van der Waals surface area contributed by atoms with Crippen LogP contribution in [0, 0.1) is 0 Å². The molecule has 0 spiro atoms. The molecule has 0 radical (unpaired) electrons. The highest BCUT2D eigenvalue weighted by atomic mass is 16.5. The number of hydrogen-bond acceptors (Lipinski definition) is 5. The van der Waals surface area contributed by atoms with E-state index in [1.165, 1.54) is 0 Å². The van der Waals surface area contributed by atoms with Crippen LogP contribution < -0.4 is 10.1 Å². The molecular formula is C22H21N3O4. The van der Waals surface area contributed by atoms with Crippen LogP contribution in [0.25, 0.3) is 0 Å². The number of methoxy groups -OCH3 is 1.